The van der Waals surface area contributed by atoms with Crippen molar-refractivity contribution in [2.45, 2.75) is 103 Å². The van der Waals surface area contributed by atoms with E-state index < -0.39 is 6.08 Å². The molecule has 0 aromatic heterocycles. The van der Waals surface area contributed by atoms with Gasteiger partial charge in [-0.3, -0.25) is 0 Å². The molecule has 0 aromatic rings. The fourth-order valence-corrected chi connectivity index (χ4v) is 5.96. The molecule has 0 atom stereocenters. The van der Waals surface area contributed by atoms with Crippen LogP contribution in [0.1, 0.15) is 103 Å². The Labute approximate surface area is 153 Å². The van der Waals surface area contributed by atoms with Gasteiger partial charge in [-0.2, -0.15) is 8.78 Å². The van der Waals surface area contributed by atoms with E-state index >= 15 is 0 Å². The van der Waals surface area contributed by atoms with Crippen LogP contribution in [0, 0.1) is 29.6 Å². The molecule has 0 amide bonds. The van der Waals surface area contributed by atoms with Gasteiger partial charge < -0.3 is 0 Å². The van der Waals surface area contributed by atoms with Crippen molar-refractivity contribution in [2.24, 2.45) is 29.6 Å². The van der Waals surface area contributed by atoms with Gasteiger partial charge in [0.15, 0.2) is 0 Å². The second-order valence-corrected chi connectivity index (χ2v) is 9.34. The Morgan fingerprint density at radius 3 is 1.76 bits per heavy atom. The number of rotatable bonds is 7. The zero-order valence-corrected chi connectivity index (χ0v) is 16.2. The molecular formula is C23H38F2. The number of halogens is 2. The highest BCUT2D eigenvalue weighted by molar-refractivity contribution is 5.14. The minimum atomic E-state index is -1.39. The highest BCUT2D eigenvalue weighted by Gasteiger charge is 2.37. The molecular weight excluding hydrogens is 314 g/mol. The average molecular weight is 353 g/mol. The Hall–Kier alpha value is -0.400. The third-order valence-corrected chi connectivity index (χ3v) is 7.79. The summed E-state index contributed by atoms with van der Waals surface area (Å²) in [6, 6.07) is 0. The lowest BCUT2D eigenvalue weighted by atomic mass is 9.63. The lowest BCUT2D eigenvalue weighted by Gasteiger charge is -2.42. The van der Waals surface area contributed by atoms with Gasteiger partial charge in [0.05, 0.1) is 0 Å². The Morgan fingerprint density at radius 2 is 1.24 bits per heavy atom. The summed E-state index contributed by atoms with van der Waals surface area (Å²) in [5.41, 5.74) is 0.449. The highest BCUT2D eigenvalue weighted by Crippen LogP contribution is 2.49. The Bertz CT molecular complexity index is 413. The molecule has 0 bridgehead atoms. The van der Waals surface area contributed by atoms with E-state index in [2.05, 4.69) is 6.92 Å². The maximum atomic E-state index is 12.6. The third-order valence-electron chi connectivity index (χ3n) is 7.79. The molecule has 2 heteroatoms. The fourth-order valence-electron chi connectivity index (χ4n) is 5.96. The summed E-state index contributed by atoms with van der Waals surface area (Å²) in [7, 11) is 0. The Balaban J connectivity index is 1.31. The van der Waals surface area contributed by atoms with Crippen LogP contribution in [0.3, 0.4) is 0 Å². The minimum Gasteiger partial charge on any atom is -0.173 e. The molecule has 3 saturated carbocycles. The summed E-state index contributed by atoms with van der Waals surface area (Å²) in [6.07, 6.45) is 18.4. The molecule has 0 heterocycles. The van der Waals surface area contributed by atoms with E-state index in [9.17, 15) is 8.78 Å². The van der Waals surface area contributed by atoms with E-state index in [0.717, 1.165) is 23.7 Å². The van der Waals surface area contributed by atoms with Crippen LogP contribution < -0.4 is 0 Å². The standard InChI is InChI=1S/C23H38F2/c1-2-3-4-5-6-17-7-9-18(10-8-17)19-11-13-20(14-12-19)21-15-22(16-21)23(24)25/h17-21H,2-16H2,1H3. The van der Waals surface area contributed by atoms with E-state index in [1.807, 2.05) is 0 Å². The molecule has 0 N–H and O–H groups in total. The van der Waals surface area contributed by atoms with Crippen LogP contribution >= 0.6 is 0 Å². The van der Waals surface area contributed by atoms with Gasteiger partial charge in [-0.05, 0) is 86.5 Å². The molecule has 144 valence electrons. The molecule has 3 fully saturated rings. The third kappa shape index (κ3) is 5.30. The van der Waals surface area contributed by atoms with Crippen LogP contribution in [0.2, 0.25) is 0 Å². The molecule has 0 saturated heterocycles. The molecule has 0 aromatic carbocycles. The SMILES string of the molecule is CCCCCCC1CCC(C2CCC(C3CC(=C(F)F)C3)CC2)CC1. The first-order valence-electron chi connectivity index (χ1n) is 11.2. The fraction of sp³-hybridized carbons (Fsp3) is 0.913. The quantitative estimate of drug-likeness (QED) is 0.406. The first kappa shape index (κ1) is 19.4. The van der Waals surface area contributed by atoms with E-state index in [-0.39, 0.29) is 0 Å². The first-order valence-corrected chi connectivity index (χ1v) is 11.2. The van der Waals surface area contributed by atoms with E-state index in [0.29, 0.717) is 24.3 Å². The van der Waals surface area contributed by atoms with E-state index in [1.165, 1.54) is 83.5 Å². The summed E-state index contributed by atoms with van der Waals surface area (Å²) in [5.74, 6) is 4.27. The number of hydrogen-bond acceptors (Lipinski definition) is 0. The summed E-state index contributed by atoms with van der Waals surface area (Å²) in [5, 5.41) is 0. The van der Waals surface area contributed by atoms with Crippen molar-refractivity contribution in [3.8, 4) is 0 Å². The average Bonchev–Trinajstić information content (AvgIpc) is 2.58. The molecule has 0 unspecified atom stereocenters. The van der Waals surface area contributed by atoms with Crippen LogP contribution in [-0.4, -0.2) is 0 Å². The normalized spacial score (nSPS) is 36.1. The van der Waals surface area contributed by atoms with Crippen LogP contribution in [0.15, 0.2) is 11.7 Å². The monoisotopic (exact) mass is 352 g/mol. The van der Waals surface area contributed by atoms with E-state index in [4.69, 9.17) is 0 Å². The van der Waals surface area contributed by atoms with Crippen molar-refractivity contribution >= 4 is 0 Å². The zero-order valence-electron chi connectivity index (χ0n) is 16.2. The number of hydrogen-bond donors (Lipinski definition) is 0. The van der Waals surface area contributed by atoms with Gasteiger partial charge in [0.1, 0.15) is 0 Å². The predicted octanol–water partition coefficient (Wildman–Crippen LogP) is 8.13. The van der Waals surface area contributed by atoms with Crippen LogP contribution in [0.25, 0.3) is 0 Å². The minimum absolute atomic E-state index is 0.449. The summed E-state index contributed by atoms with van der Waals surface area (Å²) in [6.45, 7) is 2.29. The smallest absolute Gasteiger partial charge is 0.173 e. The zero-order chi connectivity index (χ0) is 17.6. The number of unbranched alkanes of at least 4 members (excludes halogenated alkanes) is 3. The van der Waals surface area contributed by atoms with Crippen LogP contribution in [0.5, 0.6) is 0 Å². The van der Waals surface area contributed by atoms with Gasteiger partial charge in [-0.1, -0.05) is 51.9 Å². The molecule has 0 radical (unpaired) electrons. The van der Waals surface area contributed by atoms with Crippen molar-refractivity contribution in [3.63, 3.8) is 0 Å². The van der Waals surface area contributed by atoms with Crippen LogP contribution in [0.4, 0.5) is 8.78 Å². The topological polar surface area (TPSA) is 0 Å². The van der Waals surface area contributed by atoms with Gasteiger partial charge in [0.2, 0.25) is 0 Å². The molecule has 3 aliphatic carbocycles. The highest BCUT2D eigenvalue weighted by atomic mass is 19.3. The lowest BCUT2D eigenvalue weighted by molar-refractivity contribution is 0.110. The molecule has 0 spiro atoms. The van der Waals surface area contributed by atoms with Gasteiger partial charge >= 0.3 is 0 Å². The summed E-state index contributed by atoms with van der Waals surface area (Å²) >= 11 is 0. The van der Waals surface area contributed by atoms with Gasteiger partial charge in [-0.15, -0.1) is 0 Å². The molecule has 25 heavy (non-hydrogen) atoms. The van der Waals surface area contributed by atoms with E-state index in [1.54, 1.807) is 0 Å². The predicted molar refractivity (Wildman–Crippen MR) is 102 cm³/mol. The second kappa shape index (κ2) is 9.51. The van der Waals surface area contributed by atoms with Crippen molar-refractivity contribution in [3.05, 3.63) is 11.7 Å². The molecule has 0 nitrogen and oxygen atoms in total. The largest absolute Gasteiger partial charge is 0.269 e. The van der Waals surface area contributed by atoms with Gasteiger partial charge in [-0.25, -0.2) is 0 Å². The summed E-state index contributed by atoms with van der Waals surface area (Å²) < 4.78 is 25.1. The Morgan fingerprint density at radius 1 is 0.720 bits per heavy atom. The maximum Gasteiger partial charge on any atom is 0.269 e. The maximum absolute atomic E-state index is 12.6. The first-order chi connectivity index (χ1) is 12.2. The summed E-state index contributed by atoms with van der Waals surface area (Å²) in [4.78, 5) is 0. The second-order valence-electron chi connectivity index (χ2n) is 9.34. The van der Waals surface area contributed by atoms with Gasteiger partial charge in [0.25, 0.3) is 6.08 Å². The lowest BCUT2D eigenvalue weighted by Crippen LogP contribution is -2.31. The van der Waals surface area contributed by atoms with Crippen molar-refractivity contribution in [1.82, 2.24) is 0 Å². The number of allylic oxidation sites excluding steroid dienone is 1. The van der Waals surface area contributed by atoms with Crippen LogP contribution in [-0.2, 0) is 0 Å². The molecule has 0 aliphatic heterocycles. The van der Waals surface area contributed by atoms with Crippen molar-refractivity contribution in [2.75, 3.05) is 0 Å². The van der Waals surface area contributed by atoms with Crippen molar-refractivity contribution < 1.29 is 8.78 Å². The van der Waals surface area contributed by atoms with Crippen molar-refractivity contribution in [1.29, 1.82) is 0 Å². The van der Waals surface area contributed by atoms with Gasteiger partial charge in [0, 0.05) is 0 Å². The molecule has 3 aliphatic rings. The molecule has 3 rings (SSSR count). The Kier molecular flexibility index (Phi) is 7.37.